The quantitative estimate of drug-likeness (QED) is 0.153. The van der Waals surface area contributed by atoms with Gasteiger partial charge >= 0.3 is 0 Å². The first kappa shape index (κ1) is 28.1. The molecule has 3 fully saturated rings. The fraction of sp³-hybridized carbons (Fsp3) is 0.906. The first-order valence-corrected chi connectivity index (χ1v) is 16.7. The molecule has 0 radical (unpaired) electrons. The topological polar surface area (TPSA) is 17.1 Å². The van der Waals surface area contributed by atoms with E-state index in [4.69, 9.17) is 11.6 Å². The average Bonchev–Trinajstić information content (AvgIpc) is 3.18. The molecule has 0 aromatic rings. The van der Waals surface area contributed by atoms with Crippen LogP contribution in [0.25, 0.3) is 0 Å². The van der Waals surface area contributed by atoms with Crippen molar-refractivity contribution in [2.24, 2.45) is 34.5 Å². The molecule has 4 aliphatic carbocycles. The summed E-state index contributed by atoms with van der Waals surface area (Å²) in [6.45, 7) is 9.72. The third-order valence-corrected chi connectivity index (χ3v) is 13.0. The summed E-state index contributed by atoms with van der Waals surface area (Å²) in [4.78, 5) is 12.6. The molecule has 4 rings (SSSR count). The molecular formula is C32H53ClOS. The van der Waals surface area contributed by atoms with Crippen molar-refractivity contribution in [2.45, 2.75) is 147 Å². The number of rotatable bonds is 11. The lowest BCUT2D eigenvalue weighted by Gasteiger charge is -2.58. The van der Waals surface area contributed by atoms with Crippen molar-refractivity contribution < 1.29 is 4.79 Å². The number of unbranched alkanes of at least 4 members (excludes halogenated alkanes) is 5. The number of halogens is 1. The molecule has 3 heteroatoms. The molecule has 0 saturated heterocycles. The van der Waals surface area contributed by atoms with E-state index in [0.717, 1.165) is 42.9 Å². The molecule has 0 heterocycles. The monoisotopic (exact) mass is 520 g/mol. The number of hydrogen-bond donors (Lipinski definition) is 0. The van der Waals surface area contributed by atoms with Crippen LogP contribution < -0.4 is 0 Å². The summed E-state index contributed by atoms with van der Waals surface area (Å²) in [6, 6.07) is 0. The lowest BCUT2D eigenvalue weighted by molar-refractivity contribution is -0.110. The van der Waals surface area contributed by atoms with Gasteiger partial charge < -0.3 is 0 Å². The molecule has 1 nitrogen and oxygen atoms in total. The normalized spacial score (nSPS) is 39.3. The molecule has 0 amide bonds. The van der Waals surface area contributed by atoms with E-state index in [0.29, 0.717) is 16.1 Å². The lowest BCUT2D eigenvalue weighted by Crippen LogP contribution is -2.50. The van der Waals surface area contributed by atoms with E-state index in [1.165, 1.54) is 89.9 Å². The molecule has 4 aliphatic rings. The number of fused-ring (bicyclic) bond motifs is 5. The third-order valence-electron chi connectivity index (χ3n) is 11.2. The van der Waals surface area contributed by atoms with Crippen LogP contribution in [0.4, 0.5) is 0 Å². The van der Waals surface area contributed by atoms with E-state index in [-0.39, 0.29) is 10.5 Å². The van der Waals surface area contributed by atoms with E-state index in [2.05, 4.69) is 33.8 Å². The summed E-state index contributed by atoms with van der Waals surface area (Å²) >= 11 is 7.93. The van der Waals surface area contributed by atoms with Gasteiger partial charge in [0.05, 0.1) is 0 Å². The zero-order valence-electron chi connectivity index (χ0n) is 23.3. The van der Waals surface area contributed by atoms with Crippen molar-refractivity contribution in [1.82, 2.24) is 0 Å². The van der Waals surface area contributed by atoms with Crippen LogP contribution in [0.3, 0.4) is 0 Å². The fourth-order valence-corrected chi connectivity index (χ4v) is 10.6. The van der Waals surface area contributed by atoms with Crippen molar-refractivity contribution in [3.8, 4) is 0 Å². The molecular weight excluding hydrogens is 468 g/mol. The summed E-state index contributed by atoms with van der Waals surface area (Å²) in [6.07, 6.45) is 25.3. The Kier molecular flexibility index (Phi) is 9.84. The molecule has 8 atom stereocenters. The molecule has 0 N–H and O–H groups in total. The number of carbonyl (C=O) groups is 1. The number of thioether (sulfide) groups is 1. The van der Waals surface area contributed by atoms with Crippen LogP contribution in [0, 0.1) is 34.5 Å². The Balaban J connectivity index is 1.36. The average molecular weight is 521 g/mol. The molecule has 0 aliphatic heterocycles. The van der Waals surface area contributed by atoms with Gasteiger partial charge in [-0.3, -0.25) is 4.79 Å². The maximum absolute atomic E-state index is 12.6. The minimum Gasteiger partial charge on any atom is -0.286 e. The Morgan fingerprint density at radius 3 is 2.54 bits per heavy atom. The summed E-state index contributed by atoms with van der Waals surface area (Å²) in [5.74, 6) is 3.69. The summed E-state index contributed by atoms with van der Waals surface area (Å²) in [5.41, 5.74) is 2.67. The zero-order valence-corrected chi connectivity index (χ0v) is 24.8. The Labute approximate surface area is 226 Å². The van der Waals surface area contributed by atoms with Gasteiger partial charge in [-0.1, -0.05) is 96.1 Å². The minimum atomic E-state index is -0.300. The van der Waals surface area contributed by atoms with Crippen LogP contribution in [0.2, 0.25) is 0 Å². The highest BCUT2D eigenvalue weighted by Crippen LogP contribution is 2.67. The van der Waals surface area contributed by atoms with Crippen LogP contribution in [0.1, 0.15) is 137 Å². The Morgan fingerprint density at radius 1 is 1.00 bits per heavy atom. The maximum Gasteiger partial charge on any atom is 0.207 e. The number of alkyl halides is 1. The standard InChI is InChI=1S/C32H53ClOS/c1-5-7-8-9-10-11-13-23-15-17-27-26-16-14-24-22-25(35-30(34)29(33)12-6-2)18-20-32(24,4)28(26)19-21-31(23,27)3/h14,23,25-29H,5-13,15-22H2,1-4H3/t23-,25-,26-,27-,28-,29+,31+,32-/m0/s1. The van der Waals surface area contributed by atoms with Crippen molar-refractivity contribution >= 4 is 28.5 Å². The van der Waals surface area contributed by atoms with Gasteiger partial charge in [0, 0.05) is 5.25 Å². The van der Waals surface area contributed by atoms with Gasteiger partial charge in [-0.15, -0.1) is 11.6 Å². The Morgan fingerprint density at radius 2 is 1.77 bits per heavy atom. The molecule has 0 unspecified atom stereocenters. The maximum atomic E-state index is 12.6. The van der Waals surface area contributed by atoms with Crippen molar-refractivity contribution in [1.29, 1.82) is 0 Å². The summed E-state index contributed by atoms with van der Waals surface area (Å²) in [5, 5.41) is 0.358. The number of allylic oxidation sites excluding steroid dienone is 2. The van der Waals surface area contributed by atoms with Crippen LogP contribution >= 0.6 is 23.4 Å². The molecule has 0 spiro atoms. The van der Waals surface area contributed by atoms with E-state index in [1.54, 1.807) is 17.3 Å². The predicted molar refractivity (Wildman–Crippen MR) is 154 cm³/mol. The van der Waals surface area contributed by atoms with Crippen molar-refractivity contribution in [3.05, 3.63) is 11.6 Å². The van der Waals surface area contributed by atoms with Gasteiger partial charge in [-0.25, -0.2) is 0 Å². The predicted octanol–water partition coefficient (Wildman–Crippen LogP) is 10.4. The molecule has 0 aromatic heterocycles. The van der Waals surface area contributed by atoms with E-state index < -0.39 is 0 Å². The van der Waals surface area contributed by atoms with E-state index in [9.17, 15) is 4.79 Å². The van der Waals surface area contributed by atoms with Crippen LogP contribution in [0.5, 0.6) is 0 Å². The van der Waals surface area contributed by atoms with Crippen LogP contribution in [-0.4, -0.2) is 15.7 Å². The van der Waals surface area contributed by atoms with Gasteiger partial charge in [0.15, 0.2) is 0 Å². The first-order chi connectivity index (χ1) is 16.8. The SMILES string of the molecule is CCCCCCCC[C@H]1CC[C@H]2[C@@H]3CC=C4C[C@@H](SC(=O)[C@H](Cl)CCC)CC[C@]4(C)[C@H]3CC[C@]12C. The minimum absolute atomic E-state index is 0.215. The Bertz CT molecular complexity index is 748. The van der Waals surface area contributed by atoms with Crippen LogP contribution in [-0.2, 0) is 4.79 Å². The molecule has 200 valence electrons. The highest BCUT2D eigenvalue weighted by molar-refractivity contribution is 8.14. The highest BCUT2D eigenvalue weighted by Gasteiger charge is 2.58. The van der Waals surface area contributed by atoms with Gasteiger partial charge in [0.1, 0.15) is 5.38 Å². The molecule has 0 aromatic carbocycles. The van der Waals surface area contributed by atoms with Crippen LogP contribution in [0.15, 0.2) is 11.6 Å². The van der Waals surface area contributed by atoms with Gasteiger partial charge in [0.2, 0.25) is 5.12 Å². The molecule has 0 bridgehead atoms. The number of carbonyl (C=O) groups excluding carboxylic acids is 1. The largest absolute Gasteiger partial charge is 0.286 e. The van der Waals surface area contributed by atoms with Gasteiger partial charge in [-0.05, 0) is 98.7 Å². The lowest BCUT2D eigenvalue weighted by atomic mass is 9.47. The first-order valence-electron chi connectivity index (χ1n) is 15.4. The Hall–Kier alpha value is 0.0500. The van der Waals surface area contributed by atoms with E-state index in [1.807, 2.05) is 0 Å². The molecule has 3 saturated carbocycles. The van der Waals surface area contributed by atoms with Gasteiger partial charge in [-0.2, -0.15) is 0 Å². The smallest absolute Gasteiger partial charge is 0.207 e. The van der Waals surface area contributed by atoms with E-state index >= 15 is 0 Å². The molecule has 35 heavy (non-hydrogen) atoms. The second-order valence-electron chi connectivity index (χ2n) is 13.2. The zero-order chi connectivity index (χ0) is 25.1. The number of hydrogen-bond acceptors (Lipinski definition) is 2. The highest BCUT2D eigenvalue weighted by atomic mass is 35.5. The fourth-order valence-electron chi connectivity index (χ4n) is 9.09. The third kappa shape index (κ3) is 5.89. The van der Waals surface area contributed by atoms with Crippen molar-refractivity contribution in [2.75, 3.05) is 0 Å². The van der Waals surface area contributed by atoms with Gasteiger partial charge in [0.25, 0.3) is 0 Å². The second kappa shape index (κ2) is 12.3. The summed E-state index contributed by atoms with van der Waals surface area (Å²) in [7, 11) is 0. The second-order valence-corrected chi connectivity index (χ2v) is 15.0. The van der Waals surface area contributed by atoms with Crippen molar-refractivity contribution in [3.63, 3.8) is 0 Å². The summed E-state index contributed by atoms with van der Waals surface area (Å²) < 4.78 is 0.